The molecule has 2 atom stereocenters. The first-order valence-corrected chi connectivity index (χ1v) is 11.1. The zero-order valence-corrected chi connectivity index (χ0v) is 19.2. The maximum atomic E-state index is 15.6. The average molecular weight is 495 g/mol. The third-order valence-corrected chi connectivity index (χ3v) is 5.48. The van der Waals surface area contributed by atoms with E-state index in [0.29, 0.717) is 12.4 Å². The molecule has 35 heavy (non-hydrogen) atoms. The van der Waals surface area contributed by atoms with Gasteiger partial charge >= 0.3 is 0 Å². The Morgan fingerprint density at radius 3 is 2.60 bits per heavy atom. The number of hydrogen-bond donors (Lipinski definition) is 2. The molecule has 1 aliphatic carbocycles. The van der Waals surface area contributed by atoms with Crippen LogP contribution in [-0.2, 0) is 11.3 Å². The van der Waals surface area contributed by atoms with Gasteiger partial charge in [0.25, 0.3) is 0 Å². The smallest absolute Gasteiger partial charge is 0.232 e. The lowest BCUT2D eigenvalue weighted by molar-refractivity contribution is -0.0297. The number of aliphatic hydroxyl groups is 1. The van der Waals surface area contributed by atoms with Crippen LogP contribution in [0.3, 0.4) is 0 Å². The number of benzene rings is 2. The van der Waals surface area contributed by atoms with Crippen molar-refractivity contribution >= 4 is 16.7 Å². The first kappa shape index (κ1) is 24.9. The predicted molar refractivity (Wildman–Crippen MR) is 120 cm³/mol. The number of aryl methyl sites for hydroxylation is 1. The summed E-state index contributed by atoms with van der Waals surface area (Å²) in [5.74, 6) is -1.43. The molecule has 0 saturated heterocycles. The zero-order valence-electron chi connectivity index (χ0n) is 19.2. The Kier molecular flexibility index (Phi) is 7.56. The van der Waals surface area contributed by atoms with E-state index in [0.717, 1.165) is 18.9 Å². The Bertz CT molecular complexity index is 1210. The van der Waals surface area contributed by atoms with Crippen LogP contribution in [-0.4, -0.2) is 47.9 Å². The van der Waals surface area contributed by atoms with Crippen LogP contribution in [0.25, 0.3) is 10.9 Å². The lowest BCUT2D eigenvalue weighted by Crippen LogP contribution is -2.13. The van der Waals surface area contributed by atoms with Crippen molar-refractivity contribution in [1.82, 2.24) is 9.97 Å². The second-order valence-corrected chi connectivity index (χ2v) is 8.10. The van der Waals surface area contributed by atoms with Gasteiger partial charge in [0.1, 0.15) is 24.1 Å². The summed E-state index contributed by atoms with van der Waals surface area (Å²) in [6.07, 6.45) is -3.16. The van der Waals surface area contributed by atoms with Crippen LogP contribution >= 0.6 is 0 Å². The number of rotatable bonds is 11. The summed E-state index contributed by atoms with van der Waals surface area (Å²) in [4.78, 5) is 8.50. The number of anilines is 1. The molecule has 7 nitrogen and oxygen atoms in total. The van der Waals surface area contributed by atoms with Crippen LogP contribution < -0.4 is 14.8 Å². The normalized spacial score (nSPS) is 15.2. The number of nitrogens with zero attached hydrogens (tertiary/aromatic N) is 2. The molecule has 0 amide bonds. The number of methoxy groups -OCH3 is 1. The Labute approximate surface area is 199 Å². The molecule has 4 rings (SSSR count). The molecular formula is C24H25F4N3O4. The third kappa shape index (κ3) is 5.57. The van der Waals surface area contributed by atoms with Gasteiger partial charge in [-0.25, -0.2) is 27.5 Å². The molecule has 1 heterocycles. The molecule has 0 radical (unpaired) electrons. The number of alkyl halides is 2. The Morgan fingerprint density at radius 2 is 1.91 bits per heavy atom. The number of aliphatic hydroxyl groups excluding tert-OH is 1. The lowest BCUT2D eigenvalue weighted by atomic mass is 10.1. The molecule has 2 N–H and O–H groups in total. The standard InChI is InChI=1S/C24H25F4N3O4/c1-12-30-16-10-17(33-2)22(35-9-8-34-14-6-7-14)21(27)18(16)24(31-12)29-11-13-4-3-5-15(19(13)25)20(26)23(28)32/h3-5,10,14,20,23,32H,6-9,11H2,1-2H3,(H,29,30,31). The van der Waals surface area contributed by atoms with Gasteiger partial charge in [-0.3, -0.25) is 0 Å². The first-order chi connectivity index (χ1) is 16.8. The fourth-order valence-electron chi connectivity index (χ4n) is 3.61. The summed E-state index contributed by atoms with van der Waals surface area (Å²) in [5, 5.41) is 11.7. The molecule has 188 valence electrons. The number of halogens is 4. The minimum atomic E-state index is -2.86. The lowest BCUT2D eigenvalue weighted by Gasteiger charge is -2.17. The van der Waals surface area contributed by atoms with Crippen molar-refractivity contribution in [1.29, 1.82) is 0 Å². The van der Waals surface area contributed by atoms with Crippen molar-refractivity contribution in [2.24, 2.45) is 0 Å². The molecule has 11 heteroatoms. The first-order valence-electron chi connectivity index (χ1n) is 11.1. The quantitative estimate of drug-likeness (QED) is 0.295. The van der Waals surface area contributed by atoms with Gasteiger partial charge in [0, 0.05) is 23.7 Å². The molecule has 1 aromatic heterocycles. The summed E-state index contributed by atoms with van der Waals surface area (Å²) in [7, 11) is 1.38. The molecule has 2 unspecified atom stereocenters. The predicted octanol–water partition coefficient (Wildman–Crippen LogP) is 4.69. The summed E-state index contributed by atoms with van der Waals surface area (Å²) >= 11 is 0. The Morgan fingerprint density at radius 1 is 1.14 bits per heavy atom. The Balaban J connectivity index is 1.63. The summed E-state index contributed by atoms with van der Waals surface area (Å²) in [6.45, 7) is 1.77. The van der Waals surface area contributed by atoms with Crippen molar-refractivity contribution in [2.45, 2.75) is 44.9 Å². The molecule has 1 fully saturated rings. The maximum absolute atomic E-state index is 15.6. The van der Waals surface area contributed by atoms with E-state index in [9.17, 15) is 13.2 Å². The highest BCUT2D eigenvalue weighted by Gasteiger charge is 2.25. The monoisotopic (exact) mass is 495 g/mol. The number of nitrogens with one attached hydrogen (secondary N) is 1. The van der Waals surface area contributed by atoms with E-state index < -0.39 is 29.7 Å². The van der Waals surface area contributed by atoms with Crippen LogP contribution in [0.4, 0.5) is 23.4 Å². The molecule has 1 saturated carbocycles. The highest BCUT2D eigenvalue weighted by molar-refractivity contribution is 5.92. The van der Waals surface area contributed by atoms with Crippen LogP contribution in [0.2, 0.25) is 0 Å². The van der Waals surface area contributed by atoms with E-state index >= 15 is 4.39 Å². The number of ether oxygens (including phenoxy) is 3. The molecular weight excluding hydrogens is 470 g/mol. The second-order valence-electron chi connectivity index (χ2n) is 8.10. The third-order valence-electron chi connectivity index (χ3n) is 5.48. The molecule has 0 bridgehead atoms. The van der Waals surface area contributed by atoms with Gasteiger partial charge in [-0.05, 0) is 19.8 Å². The topological polar surface area (TPSA) is 85.7 Å². The van der Waals surface area contributed by atoms with E-state index in [1.807, 2.05) is 0 Å². The van der Waals surface area contributed by atoms with Gasteiger partial charge in [0.05, 0.1) is 30.7 Å². The van der Waals surface area contributed by atoms with Gasteiger partial charge < -0.3 is 24.6 Å². The Hall–Kier alpha value is -3.18. The molecule has 3 aromatic rings. The van der Waals surface area contributed by atoms with E-state index in [4.69, 9.17) is 19.3 Å². The molecule has 2 aromatic carbocycles. The maximum Gasteiger partial charge on any atom is 0.232 e. The van der Waals surface area contributed by atoms with Crippen LogP contribution in [0.1, 0.15) is 36.0 Å². The van der Waals surface area contributed by atoms with Gasteiger partial charge in [-0.15, -0.1) is 0 Å². The fourth-order valence-corrected chi connectivity index (χ4v) is 3.61. The SMILES string of the molecule is COc1cc2nc(C)nc(NCc3cccc(C(F)C(O)F)c3F)c2c(F)c1OCCOC1CC1. The highest BCUT2D eigenvalue weighted by Crippen LogP contribution is 2.38. The number of fused-ring (bicyclic) bond motifs is 1. The van der Waals surface area contributed by atoms with E-state index in [1.54, 1.807) is 6.92 Å². The largest absolute Gasteiger partial charge is 0.493 e. The van der Waals surface area contributed by atoms with Crippen molar-refractivity contribution in [2.75, 3.05) is 25.6 Å². The van der Waals surface area contributed by atoms with Crippen LogP contribution in [0, 0.1) is 18.6 Å². The van der Waals surface area contributed by atoms with Crippen LogP contribution in [0.5, 0.6) is 11.5 Å². The van der Waals surface area contributed by atoms with Gasteiger partial charge in [-0.1, -0.05) is 18.2 Å². The second kappa shape index (κ2) is 10.6. The van der Waals surface area contributed by atoms with Gasteiger partial charge in [0.15, 0.2) is 23.5 Å². The average Bonchev–Trinajstić information content (AvgIpc) is 3.65. The van der Waals surface area contributed by atoms with E-state index in [1.165, 1.54) is 25.3 Å². The van der Waals surface area contributed by atoms with Crippen LogP contribution in [0.15, 0.2) is 24.3 Å². The number of hydrogen-bond acceptors (Lipinski definition) is 7. The van der Waals surface area contributed by atoms with E-state index in [2.05, 4.69) is 15.3 Å². The van der Waals surface area contributed by atoms with Crippen molar-refractivity contribution in [3.8, 4) is 11.5 Å². The number of aromatic nitrogens is 2. The van der Waals surface area contributed by atoms with Gasteiger partial charge in [-0.2, -0.15) is 0 Å². The summed E-state index contributed by atoms with van der Waals surface area (Å²) in [5.41, 5.74) is -0.421. The molecule has 0 aliphatic heterocycles. The summed E-state index contributed by atoms with van der Waals surface area (Å²) in [6, 6.07) is 5.23. The minimum absolute atomic E-state index is 0.00591. The summed E-state index contributed by atoms with van der Waals surface area (Å²) < 4.78 is 73.6. The van der Waals surface area contributed by atoms with Crippen molar-refractivity contribution in [3.63, 3.8) is 0 Å². The fraction of sp³-hybridized carbons (Fsp3) is 0.417. The van der Waals surface area contributed by atoms with E-state index in [-0.39, 0.29) is 53.0 Å². The minimum Gasteiger partial charge on any atom is -0.493 e. The van der Waals surface area contributed by atoms with Crippen molar-refractivity contribution in [3.05, 3.63) is 52.9 Å². The molecule has 0 spiro atoms. The zero-order chi connectivity index (χ0) is 25.1. The molecule has 1 aliphatic rings. The highest BCUT2D eigenvalue weighted by atomic mass is 19.2. The van der Waals surface area contributed by atoms with Crippen molar-refractivity contribution < 1.29 is 36.9 Å². The van der Waals surface area contributed by atoms with Gasteiger partial charge in [0.2, 0.25) is 6.36 Å².